The molecule has 6 nitrogen and oxygen atoms in total. The van der Waals surface area contributed by atoms with Gasteiger partial charge >= 0.3 is 0 Å². The summed E-state index contributed by atoms with van der Waals surface area (Å²) in [5.41, 5.74) is 0.485. The Morgan fingerprint density at radius 2 is 1.86 bits per heavy atom. The number of benzene rings is 2. The molecular formula is C20H20Cl2FN3O3. The summed E-state index contributed by atoms with van der Waals surface area (Å²) in [6.07, 6.45) is 0.624. The molecule has 3 amide bonds. The minimum absolute atomic E-state index is 0.106. The lowest BCUT2D eigenvalue weighted by Gasteiger charge is -2.22. The number of carbonyl (C=O) groups is 3. The van der Waals surface area contributed by atoms with Crippen molar-refractivity contribution in [2.75, 3.05) is 25.0 Å². The van der Waals surface area contributed by atoms with Crippen LogP contribution in [0.5, 0.6) is 0 Å². The summed E-state index contributed by atoms with van der Waals surface area (Å²) < 4.78 is 13.2. The molecule has 0 radical (unpaired) electrons. The molecule has 0 aliphatic heterocycles. The van der Waals surface area contributed by atoms with E-state index in [1.807, 2.05) is 6.92 Å². The van der Waals surface area contributed by atoms with E-state index in [-0.39, 0.29) is 23.7 Å². The van der Waals surface area contributed by atoms with Gasteiger partial charge < -0.3 is 15.5 Å². The third-order valence-corrected chi connectivity index (χ3v) is 4.42. The summed E-state index contributed by atoms with van der Waals surface area (Å²) in [6, 6.07) is 9.78. The van der Waals surface area contributed by atoms with Crippen molar-refractivity contribution < 1.29 is 18.8 Å². The highest BCUT2D eigenvalue weighted by atomic mass is 35.5. The number of amides is 3. The quantitative estimate of drug-likeness (QED) is 0.657. The molecule has 0 aliphatic rings. The van der Waals surface area contributed by atoms with Gasteiger partial charge in [0.15, 0.2) is 0 Å². The Morgan fingerprint density at radius 3 is 2.52 bits per heavy atom. The van der Waals surface area contributed by atoms with Crippen LogP contribution in [0.4, 0.5) is 10.1 Å². The van der Waals surface area contributed by atoms with Crippen LogP contribution < -0.4 is 10.6 Å². The van der Waals surface area contributed by atoms with E-state index in [0.717, 1.165) is 6.07 Å². The van der Waals surface area contributed by atoms with Crippen molar-refractivity contribution in [3.8, 4) is 0 Å². The number of hydrogen-bond donors (Lipinski definition) is 2. The fourth-order valence-corrected chi connectivity index (χ4v) is 2.97. The second-order valence-electron chi connectivity index (χ2n) is 6.18. The molecule has 29 heavy (non-hydrogen) atoms. The molecule has 154 valence electrons. The van der Waals surface area contributed by atoms with Crippen molar-refractivity contribution in [3.63, 3.8) is 0 Å². The Labute approximate surface area is 178 Å². The van der Waals surface area contributed by atoms with Crippen molar-refractivity contribution in [2.45, 2.75) is 13.3 Å². The number of halogens is 3. The number of anilines is 1. The Bertz CT molecular complexity index is 908. The molecule has 2 rings (SSSR count). The van der Waals surface area contributed by atoms with E-state index in [0.29, 0.717) is 23.7 Å². The van der Waals surface area contributed by atoms with Crippen LogP contribution in [0.15, 0.2) is 42.5 Å². The lowest BCUT2D eigenvalue weighted by molar-refractivity contribution is -0.133. The smallest absolute Gasteiger partial charge is 0.251 e. The summed E-state index contributed by atoms with van der Waals surface area (Å²) >= 11 is 11.9. The van der Waals surface area contributed by atoms with E-state index in [1.165, 1.54) is 29.2 Å². The highest BCUT2D eigenvalue weighted by Crippen LogP contribution is 2.25. The van der Waals surface area contributed by atoms with Crippen LogP contribution in [0.1, 0.15) is 23.7 Å². The highest BCUT2D eigenvalue weighted by Gasteiger charge is 2.18. The minimum atomic E-state index is -0.577. The lowest BCUT2D eigenvalue weighted by Crippen LogP contribution is -2.44. The summed E-state index contributed by atoms with van der Waals surface area (Å²) in [5, 5.41) is 5.78. The average molecular weight is 440 g/mol. The normalized spacial score (nSPS) is 10.3. The summed E-state index contributed by atoms with van der Waals surface area (Å²) in [7, 11) is 0. The molecule has 0 heterocycles. The van der Waals surface area contributed by atoms with Gasteiger partial charge in [-0.3, -0.25) is 14.4 Å². The zero-order valence-corrected chi connectivity index (χ0v) is 17.2. The van der Waals surface area contributed by atoms with Gasteiger partial charge in [-0.25, -0.2) is 4.39 Å². The summed E-state index contributed by atoms with van der Waals surface area (Å²) in [5.74, 6) is -2.00. The number of nitrogens with one attached hydrogen (secondary N) is 2. The van der Waals surface area contributed by atoms with Crippen LogP contribution in [-0.4, -0.2) is 42.3 Å². The van der Waals surface area contributed by atoms with Gasteiger partial charge in [-0.1, -0.05) is 36.2 Å². The molecule has 0 atom stereocenters. The van der Waals surface area contributed by atoms with Crippen LogP contribution in [0.25, 0.3) is 0 Å². The molecule has 0 aliphatic carbocycles. The van der Waals surface area contributed by atoms with Crippen molar-refractivity contribution in [1.29, 1.82) is 0 Å². The van der Waals surface area contributed by atoms with Gasteiger partial charge in [0.25, 0.3) is 5.91 Å². The van der Waals surface area contributed by atoms with Crippen molar-refractivity contribution in [1.82, 2.24) is 10.2 Å². The fourth-order valence-electron chi connectivity index (χ4n) is 2.52. The van der Waals surface area contributed by atoms with Crippen molar-refractivity contribution in [2.24, 2.45) is 0 Å². The third kappa shape index (κ3) is 7.03. The number of carbonyl (C=O) groups excluding carboxylic acids is 3. The Balaban J connectivity index is 1.94. The van der Waals surface area contributed by atoms with E-state index < -0.39 is 23.5 Å². The fraction of sp³-hybridized carbons (Fsp3) is 0.250. The van der Waals surface area contributed by atoms with Crippen molar-refractivity contribution in [3.05, 3.63) is 63.9 Å². The number of hydrogen-bond acceptors (Lipinski definition) is 3. The molecule has 0 saturated heterocycles. The van der Waals surface area contributed by atoms with E-state index in [2.05, 4.69) is 10.6 Å². The Hall–Kier alpha value is -2.64. The van der Waals surface area contributed by atoms with Gasteiger partial charge in [0.2, 0.25) is 11.8 Å². The maximum atomic E-state index is 13.2. The topological polar surface area (TPSA) is 78.5 Å². The van der Waals surface area contributed by atoms with E-state index in [4.69, 9.17) is 23.2 Å². The molecule has 2 aromatic rings. The first-order valence-electron chi connectivity index (χ1n) is 8.86. The van der Waals surface area contributed by atoms with Gasteiger partial charge in [0.05, 0.1) is 23.8 Å². The number of nitrogens with zero attached hydrogens (tertiary/aromatic N) is 1. The molecular weight excluding hydrogens is 420 g/mol. The zero-order valence-electron chi connectivity index (χ0n) is 15.7. The van der Waals surface area contributed by atoms with Gasteiger partial charge in [0.1, 0.15) is 5.82 Å². The van der Waals surface area contributed by atoms with Crippen LogP contribution in [0.3, 0.4) is 0 Å². The Morgan fingerprint density at radius 1 is 1.10 bits per heavy atom. The largest absolute Gasteiger partial charge is 0.343 e. The molecule has 2 aromatic carbocycles. The lowest BCUT2D eigenvalue weighted by atomic mass is 10.2. The van der Waals surface area contributed by atoms with Crippen LogP contribution in [0, 0.1) is 5.82 Å². The van der Waals surface area contributed by atoms with Crippen molar-refractivity contribution >= 4 is 46.6 Å². The predicted molar refractivity (Wildman–Crippen MR) is 111 cm³/mol. The predicted octanol–water partition coefficient (Wildman–Crippen LogP) is 3.74. The molecule has 9 heteroatoms. The molecule has 2 N–H and O–H groups in total. The van der Waals surface area contributed by atoms with E-state index in [1.54, 1.807) is 12.1 Å². The van der Waals surface area contributed by atoms with Gasteiger partial charge in [-0.15, -0.1) is 0 Å². The highest BCUT2D eigenvalue weighted by molar-refractivity contribution is 6.36. The first-order valence-corrected chi connectivity index (χ1v) is 9.62. The first-order chi connectivity index (χ1) is 13.8. The second kappa shape index (κ2) is 10.8. The first kappa shape index (κ1) is 22.6. The van der Waals surface area contributed by atoms with Gasteiger partial charge in [0, 0.05) is 17.1 Å². The molecule has 0 aromatic heterocycles. The van der Waals surface area contributed by atoms with Crippen LogP contribution >= 0.6 is 23.2 Å². The van der Waals surface area contributed by atoms with Gasteiger partial charge in [-0.2, -0.15) is 0 Å². The van der Waals surface area contributed by atoms with E-state index in [9.17, 15) is 18.8 Å². The molecule has 0 saturated carbocycles. The number of rotatable bonds is 8. The van der Waals surface area contributed by atoms with E-state index >= 15 is 0 Å². The molecule has 0 unspecified atom stereocenters. The summed E-state index contributed by atoms with van der Waals surface area (Å²) in [4.78, 5) is 38.1. The Kier molecular flexibility index (Phi) is 8.42. The molecule has 0 spiro atoms. The maximum absolute atomic E-state index is 13.2. The minimum Gasteiger partial charge on any atom is -0.343 e. The zero-order chi connectivity index (χ0) is 21.4. The summed E-state index contributed by atoms with van der Waals surface area (Å²) in [6.45, 7) is 1.67. The third-order valence-electron chi connectivity index (χ3n) is 3.87. The maximum Gasteiger partial charge on any atom is 0.251 e. The average Bonchev–Trinajstić information content (AvgIpc) is 2.67. The monoisotopic (exact) mass is 439 g/mol. The molecule has 0 bridgehead atoms. The van der Waals surface area contributed by atoms with Gasteiger partial charge in [-0.05, 0) is 42.8 Å². The van der Waals surface area contributed by atoms with Crippen LogP contribution in [0.2, 0.25) is 10.0 Å². The SMILES string of the molecule is CCCN(CC(=O)Nc1ccc(Cl)cc1Cl)C(=O)CNC(=O)c1cccc(F)c1. The molecule has 0 fully saturated rings. The van der Waals surface area contributed by atoms with Crippen LogP contribution in [-0.2, 0) is 9.59 Å². The second-order valence-corrected chi connectivity index (χ2v) is 7.02. The standard InChI is InChI=1S/C20H20Cl2FN3O3/c1-2-8-26(12-18(27)25-17-7-6-14(21)10-16(17)22)19(28)11-24-20(29)13-4-3-5-15(23)9-13/h3-7,9-10H,2,8,11-12H2,1H3,(H,24,29)(H,25,27).